The Balaban J connectivity index is 0. The molecule has 1 aliphatic rings. The second kappa shape index (κ2) is 10.7. The van der Waals surface area contributed by atoms with Gasteiger partial charge < -0.3 is 15.4 Å². The number of methoxy groups -OCH3 is 1. The standard InChI is InChI=1S/C12H25N3O2.2ClH/c1-4-11(13)12(16)15-6-5-14(7-8-17-3)10(2)9-15;;/h10-11H,4-9,13H2,1-3H3;2*1H/t10?,11-;;/m0../s1. The van der Waals surface area contributed by atoms with E-state index in [1.54, 1.807) is 7.11 Å². The van der Waals surface area contributed by atoms with Crippen LogP contribution in [0.3, 0.4) is 0 Å². The van der Waals surface area contributed by atoms with E-state index in [9.17, 15) is 4.79 Å². The van der Waals surface area contributed by atoms with Crippen molar-refractivity contribution in [1.82, 2.24) is 9.80 Å². The summed E-state index contributed by atoms with van der Waals surface area (Å²) in [6.45, 7) is 8.23. The number of hydrogen-bond acceptors (Lipinski definition) is 4. The van der Waals surface area contributed by atoms with Crippen LogP contribution in [0.1, 0.15) is 20.3 Å². The normalized spacial score (nSPS) is 21.3. The van der Waals surface area contributed by atoms with Gasteiger partial charge >= 0.3 is 0 Å². The van der Waals surface area contributed by atoms with E-state index in [-0.39, 0.29) is 36.8 Å². The molecule has 0 aliphatic carbocycles. The molecule has 0 radical (unpaired) electrons. The fourth-order valence-electron chi connectivity index (χ4n) is 2.15. The molecule has 7 heteroatoms. The Morgan fingerprint density at radius 1 is 1.42 bits per heavy atom. The molecule has 1 amide bonds. The van der Waals surface area contributed by atoms with E-state index in [2.05, 4.69) is 11.8 Å². The lowest BCUT2D eigenvalue weighted by atomic mass is 10.1. The summed E-state index contributed by atoms with van der Waals surface area (Å²) in [5.41, 5.74) is 5.78. The predicted molar refractivity (Wildman–Crippen MR) is 82.3 cm³/mol. The average molecular weight is 316 g/mol. The van der Waals surface area contributed by atoms with Gasteiger partial charge in [-0.25, -0.2) is 0 Å². The number of carbonyl (C=O) groups excluding carboxylic acids is 1. The van der Waals surface area contributed by atoms with Crippen molar-refractivity contribution in [1.29, 1.82) is 0 Å². The first-order chi connectivity index (χ1) is 8.10. The van der Waals surface area contributed by atoms with Crippen molar-refractivity contribution in [2.75, 3.05) is 39.9 Å². The van der Waals surface area contributed by atoms with E-state index in [0.29, 0.717) is 12.5 Å². The second-order valence-corrected chi connectivity index (χ2v) is 4.68. The Hall–Kier alpha value is -0.0700. The van der Waals surface area contributed by atoms with Crippen molar-refractivity contribution in [2.24, 2.45) is 5.73 Å². The van der Waals surface area contributed by atoms with Gasteiger partial charge in [0.15, 0.2) is 0 Å². The SMILES string of the molecule is CC[C@H](N)C(=O)N1CCN(CCOC)C(C)C1.Cl.Cl. The number of halogens is 2. The Morgan fingerprint density at radius 2 is 2.05 bits per heavy atom. The maximum atomic E-state index is 12.0. The van der Waals surface area contributed by atoms with Crippen LogP contribution in [0.5, 0.6) is 0 Å². The summed E-state index contributed by atoms with van der Waals surface area (Å²) in [6, 6.07) is 0.0413. The van der Waals surface area contributed by atoms with Gasteiger partial charge in [0.2, 0.25) is 5.91 Å². The number of amides is 1. The molecule has 1 rings (SSSR count). The molecule has 1 saturated heterocycles. The number of piperazine rings is 1. The molecule has 0 aromatic heterocycles. The quantitative estimate of drug-likeness (QED) is 0.813. The highest BCUT2D eigenvalue weighted by Crippen LogP contribution is 2.10. The summed E-state index contributed by atoms with van der Waals surface area (Å²) in [4.78, 5) is 16.2. The summed E-state index contributed by atoms with van der Waals surface area (Å²) in [5, 5.41) is 0. The molecular weight excluding hydrogens is 289 g/mol. The van der Waals surface area contributed by atoms with Gasteiger partial charge in [-0.3, -0.25) is 9.69 Å². The molecule has 0 aromatic carbocycles. The smallest absolute Gasteiger partial charge is 0.239 e. The number of carbonyl (C=O) groups is 1. The summed E-state index contributed by atoms with van der Waals surface area (Å²) in [7, 11) is 1.71. The lowest BCUT2D eigenvalue weighted by Gasteiger charge is -2.40. The van der Waals surface area contributed by atoms with Crippen LogP contribution in [0.15, 0.2) is 0 Å². The summed E-state index contributed by atoms with van der Waals surface area (Å²) >= 11 is 0. The number of rotatable bonds is 5. The molecular formula is C12H27Cl2N3O2. The van der Waals surface area contributed by atoms with Crippen molar-refractivity contribution in [3.05, 3.63) is 0 Å². The van der Waals surface area contributed by atoms with Crippen LogP contribution in [0.2, 0.25) is 0 Å². The first-order valence-corrected chi connectivity index (χ1v) is 6.37. The Morgan fingerprint density at radius 3 is 2.53 bits per heavy atom. The molecule has 116 valence electrons. The maximum Gasteiger partial charge on any atom is 0.239 e. The molecule has 2 N–H and O–H groups in total. The van der Waals surface area contributed by atoms with Crippen LogP contribution in [0.4, 0.5) is 0 Å². The van der Waals surface area contributed by atoms with E-state index < -0.39 is 0 Å². The van der Waals surface area contributed by atoms with Crippen molar-refractivity contribution >= 4 is 30.7 Å². The van der Waals surface area contributed by atoms with Crippen LogP contribution in [0, 0.1) is 0 Å². The van der Waals surface area contributed by atoms with Crippen LogP contribution >= 0.6 is 24.8 Å². The second-order valence-electron chi connectivity index (χ2n) is 4.68. The van der Waals surface area contributed by atoms with Crippen LogP contribution in [-0.2, 0) is 9.53 Å². The zero-order valence-corrected chi connectivity index (χ0v) is 13.6. The zero-order chi connectivity index (χ0) is 12.8. The third-order valence-corrected chi connectivity index (χ3v) is 3.42. The molecule has 0 saturated carbocycles. The largest absolute Gasteiger partial charge is 0.383 e. The third kappa shape index (κ3) is 6.27. The van der Waals surface area contributed by atoms with Crippen molar-refractivity contribution in [3.63, 3.8) is 0 Å². The first kappa shape index (κ1) is 21.2. The van der Waals surface area contributed by atoms with E-state index in [0.717, 1.165) is 32.8 Å². The van der Waals surface area contributed by atoms with Crippen LogP contribution < -0.4 is 5.73 Å². The van der Waals surface area contributed by atoms with Crippen LogP contribution in [-0.4, -0.2) is 67.7 Å². The van der Waals surface area contributed by atoms with E-state index in [4.69, 9.17) is 10.5 Å². The Kier molecular flexibility index (Phi) is 11.9. The van der Waals surface area contributed by atoms with Crippen molar-refractivity contribution in [3.8, 4) is 0 Å². The fourth-order valence-corrected chi connectivity index (χ4v) is 2.15. The predicted octanol–water partition coefficient (Wildman–Crippen LogP) is 0.746. The monoisotopic (exact) mass is 315 g/mol. The molecule has 19 heavy (non-hydrogen) atoms. The summed E-state index contributed by atoms with van der Waals surface area (Å²) in [5.74, 6) is 0.0886. The number of nitrogens with two attached hydrogens (primary N) is 1. The van der Waals surface area contributed by atoms with Gasteiger partial charge in [0.1, 0.15) is 0 Å². The van der Waals surface area contributed by atoms with E-state index >= 15 is 0 Å². The molecule has 1 heterocycles. The van der Waals surface area contributed by atoms with Gasteiger partial charge in [0.25, 0.3) is 0 Å². The highest BCUT2D eigenvalue weighted by molar-refractivity contribution is 5.85. The molecule has 0 spiro atoms. The van der Waals surface area contributed by atoms with Crippen molar-refractivity contribution in [2.45, 2.75) is 32.4 Å². The fraction of sp³-hybridized carbons (Fsp3) is 0.917. The maximum absolute atomic E-state index is 12.0. The molecule has 5 nitrogen and oxygen atoms in total. The average Bonchev–Trinajstić information content (AvgIpc) is 2.35. The topological polar surface area (TPSA) is 58.8 Å². The van der Waals surface area contributed by atoms with Gasteiger partial charge in [0, 0.05) is 39.3 Å². The minimum Gasteiger partial charge on any atom is -0.383 e. The lowest BCUT2D eigenvalue weighted by Crippen LogP contribution is -2.57. The Bertz CT molecular complexity index is 257. The molecule has 1 fully saturated rings. The summed E-state index contributed by atoms with van der Waals surface area (Å²) < 4.78 is 5.08. The molecule has 0 aromatic rings. The number of nitrogens with zero attached hydrogens (tertiary/aromatic N) is 2. The van der Waals surface area contributed by atoms with E-state index in [1.165, 1.54) is 0 Å². The van der Waals surface area contributed by atoms with Gasteiger partial charge in [-0.15, -0.1) is 24.8 Å². The van der Waals surface area contributed by atoms with Gasteiger partial charge in [-0.05, 0) is 13.3 Å². The molecule has 1 unspecified atom stereocenters. The highest BCUT2D eigenvalue weighted by Gasteiger charge is 2.28. The van der Waals surface area contributed by atoms with E-state index in [1.807, 2.05) is 11.8 Å². The zero-order valence-electron chi connectivity index (χ0n) is 12.0. The minimum atomic E-state index is -0.340. The highest BCUT2D eigenvalue weighted by atomic mass is 35.5. The molecule has 2 atom stereocenters. The van der Waals surface area contributed by atoms with Gasteiger partial charge in [-0.1, -0.05) is 6.92 Å². The van der Waals surface area contributed by atoms with Crippen LogP contribution in [0.25, 0.3) is 0 Å². The molecule has 0 bridgehead atoms. The minimum absolute atomic E-state index is 0. The number of hydrogen-bond donors (Lipinski definition) is 1. The molecule has 1 aliphatic heterocycles. The Labute approximate surface area is 128 Å². The summed E-state index contributed by atoms with van der Waals surface area (Å²) in [6.07, 6.45) is 0.705. The first-order valence-electron chi connectivity index (χ1n) is 6.37. The van der Waals surface area contributed by atoms with Gasteiger partial charge in [0.05, 0.1) is 12.6 Å². The lowest BCUT2D eigenvalue weighted by molar-refractivity contribution is -0.135. The number of ether oxygens (including phenoxy) is 1. The van der Waals surface area contributed by atoms with Gasteiger partial charge in [-0.2, -0.15) is 0 Å². The van der Waals surface area contributed by atoms with Crippen molar-refractivity contribution < 1.29 is 9.53 Å². The third-order valence-electron chi connectivity index (χ3n) is 3.42.